The number of hydrogen-bond acceptors (Lipinski definition) is 11. The molecular weight excluding hydrogens is 600 g/mol. The van der Waals surface area contributed by atoms with Crippen LogP contribution in [0.15, 0.2) is 30.6 Å². The average Bonchev–Trinajstić information content (AvgIpc) is 3.46. The van der Waals surface area contributed by atoms with Gasteiger partial charge in [-0.2, -0.15) is 5.10 Å². The van der Waals surface area contributed by atoms with Gasteiger partial charge in [-0.1, -0.05) is 6.07 Å². The molecule has 0 bridgehead atoms. The van der Waals surface area contributed by atoms with E-state index in [4.69, 9.17) is 19.9 Å². The van der Waals surface area contributed by atoms with Gasteiger partial charge in [0, 0.05) is 50.6 Å². The van der Waals surface area contributed by atoms with Crippen molar-refractivity contribution in [2.45, 2.75) is 45.4 Å². The van der Waals surface area contributed by atoms with Crippen molar-refractivity contribution in [3.05, 3.63) is 47.3 Å². The van der Waals surface area contributed by atoms with Crippen molar-refractivity contribution in [3.8, 4) is 0 Å². The lowest BCUT2D eigenvalue weighted by Gasteiger charge is -2.30. The first-order valence-electron chi connectivity index (χ1n) is 15.0. The van der Waals surface area contributed by atoms with Crippen LogP contribution in [0.1, 0.15) is 29.5 Å². The van der Waals surface area contributed by atoms with Crippen molar-refractivity contribution in [1.29, 1.82) is 0 Å². The maximum atomic E-state index is 12.8. The highest BCUT2D eigenvalue weighted by molar-refractivity contribution is 6.00. The minimum absolute atomic E-state index is 0.0386. The molecule has 2 heterocycles. The van der Waals surface area contributed by atoms with Crippen molar-refractivity contribution >= 4 is 35.7 Å². The van der Waals surface area contributed by atoms with Gasteiger partial charge in [0.15, 0.2) is 0 Å². The van der Waals surface area contributed by atoms with Gasteiger partial charge in [0.1, 0.15) is 12.6 Å². The summed E-state index contributed by atoms with van der Waals surface area (Å²) in [6, 6.07) is 4.82. The zero-order chi connectivity index (χ0) is 33.3. The topological polar surface area (TPSA) is 199 Å². The lowest BCUT2D eigenvalue weighted by Crippen LogP contribution is -2.51. The number of amides is 5. The number of nitrogens with one attached hydrogen (secondary N) is 3. The van der Waals surface area contributed by atoms with E-state index < -0.39 is 11.9 Å². The number of anilines is 1. The van der Waals surface area contributed by atoms with Gasteiger partial charge in [-0.05, 0) is 36.6 Å². The van der Waals surface area contributed by atoms with E-state index in [1.807, 2.05) is 19.1 Å². The van der Waals surface area contributed by atoms with Gasteiger partial charge in [0.05, 0.1) is 52.5 Å². The smallest absolute Gasteiger partial charge is 0.249 e. The number of imide groups is 1. The molecule has 1 aliphatic heterocycles. The molecule has 5 amide bonds. The van der Waals surface area contributed by atoms with E-state index in [1.54, 1.807) is 30.4 Å². The summed E-state index contributed by atoms with van der Waals surface area (Å²) in [5.74, 6) is -1.16. The maximum Gasteiger partial charge on any atom is 0.249 e. The highest BCUT2D eigenvalue weighted by Crippen LogP contribution is 2.20. The molecule has 46 heavy (non-hydrogen) atoms. The molecule has 0 spiro atoms. The van der Waals surface area contributed by atoms with Crippen LogP contribution in [0.5, 0.6) is 0 Å². The lowest BCUT2D eigenvalue weighted by molar-refractivity contribution is -0.141. The number of piperidine rings is 1. The standard InChI is InChI=1S/C30H44N8O8/c1-22-13-25(4-3-24(22)18-37(21-39)26-5-6-27(40)35-30(26)43)33-15-29(42)36(2)16-23-14-34-38(17-23)19-28(41)32-7-8-44-9-10-45-11-12-46-20-31/h3-4,13-14,17,21,26,33H,5-12,15-16,18-20,31H2,1-2H3,(H,32,41)(H,35,40,43). The van der Waals surface area contributed by atoms with E-state index >= 15 is 0 Å². The highest BCUT2D eigenvalue weighted by Gasteiger charge is 2.31. The SMILES string of the molecule is Cc1cc(NCC(=O)N(C)Cc2cnn(CC(=O)NCCOCCOCCOCN)c2)ccc1CN(C=O)C1CCC(=O)NC1=O. The Morgan fingerprint density at radius 1 is 1.13 bits per heavy atom. The number of rotatable bonds is 21. The Balaban J connectivity index is 1.35. The number of likely N-dealkylation sites (N-methyl/N-ethyl adjacent to an activating group) is 1. The third kappa shape index (κ3) is 12.2. The van der Waals surface area contributed by atoms with E-state index in [9.17, 15) is 24.0 Å². The molecule has 0 aliphatic carbocycles. The van der Waals surface area contributed by atoms with Crippen LogP contribution in [-0.2, 0) is 57.8 Å². The molecule has 0 saturated carbocycles. The predicted molar refractivity (Wildman–Crippen MR) is 166 cm³/mol. The van der Waals surface area contributed by atoms with Gasteiger partial charge in [-0.25, -0.2) is 0 Å². The fourth-order valence-electron chi connectivity index (χ4n) is 4.64. The van der Waals surface area contributed by atoms with E-state index in [0.29, 0.717) is 52.5 Å². The number of hydrogen-bond donors (Lipinski definition) is 4. The molecule has 0 radical (unpaired) electrons. The average molecular weight is 645 g/mol. The van der Waals surface area contributed by atoms with Gasteiger partial charge in [0.25, 0.3) is 0 Å². The third-order valence-electron chi connectivity index (χ3n) is 7.15. The first-order valence-corrected chi connectivity index (χ1v) is 15.0. The zero-order valence-corrected chi connectivity index (χ0v) is 26.4. The second kappa shape index (κ2) is 19.2. The molecule has 1 fully saturated rings. The molecule has 252 valence electrons. The summed E-state index contributed by atoms with van der Waals surface area (Å²) in [5, 5.41) is 12.4. The number of aromatic nitrogens is 2. The highest BCUT2D eigenvalue weighted by atomic mass is 16.5. The van der Waals surface area contributed by atoms with Crippen LogP contribution in [0, 0.1) is 6.92 Å². The molecule has 1 aliphatic rings. The Morgan fingerprint density at radius 3 is 2.57 bits per heavy atom. The third-order valence-corrected chi connectivity index (χ3v) is 7.15. The monoisotopic (exact) mass is 644 g/mol. The van der Waals surface area contributed by atoms with Gasteiger partial charge in [0.2, 0.25) is 30.0 Å². The summed E-state index contributed by atoms with van der Waals surface area (Å²) in [6.45, 7) is 5.10. The van der Waals surface area contributed by atoms with Crippen LogP contribution < -0.4 is 21.7 Å². The van der Waals surface area contributed by atoms with Crippen LogP contribution in [-0.4, -0.2) is 116 Å². The molecule has 16 nitrogen and oxygen atoms in total. The van der Waals surface area contributed by atoms with Gasteiger partial charge in [-0.3, -0.25) is 34.0 Å². The van der Waals surface area contributed by atoms with Crippen LogP contribution >= 0.6 is 0 Å². The Hall–Kier alpha value is -4.38. The molecule has 1 aromatic heterocycles. The molecule has 1 unspecified atom stereocenters. The van der Waals surface area contributed by atoms with Crippen molar-refractivity contribution in [2.75, 3.05) is 65.2 Å². The first-order chi connectivity index (χ1) is 22.2. The normalized spacial score (nSPS) is 14.5. The van der Waals surface area contributed by atoms with Crippen LogP contribution in [0.3, 0.4) is 0 Å². The quantitative estimate of drug-likeness (QED) is 0.0569. The number of benzene rings is 1. The Morgan fingerprint density at radius 2 is 1.87 bits per heavy atom. The van der Waals surface area contributed by atoms with Crippen molar-refractivity contribution in [2.24, 2.45) is 5.73 Å². The predicted octanol–water partition coefficient (Wildman–Crippen LogP) is -0.892. The number of aryl methyl sites for hydroxylation is 1. The van der Waals surface area contributed by atoms with Crippen LogP contribution in [0.2, 0.25) is 0 Å². The van der Waals surface area contributed by atoms with Crippen molar-refractivity contribution < 1.29 is 38.2 Å². The van der Waals surface area contributed by atoms with Crippen LogP contribution in [0.4, 0.5) is 5.69 Å². The second-order valence-corrected chi connectivity index (χ2v) is 10.7. The van der Waals surface area contributed by atoms with Crippen molar-refractivity contribution in [1.82, 2.24) is 30.2 Å². The fourth-order valence-corrected chi connectivity index (χ4v) is 4.64. The first kappa shape index (κ1) is 36.1. The molecule has 1 aromatic carbocycles. The Kier molecular flexibility index (Phi) is 15.1. The fraction of sp³-hybridized carbons (Fsp3) is 0.533. The zero-order valence-electron chi connectivity index (χ0n) is 26.4. The molecule has 1 atom stereocenters. The summed E-state index contributed by atoms with van der Waals surface area (Å²) >= 11 is 0. The van der Waals surface area contributed by atoms with Crippen LogP contribution in [0.25, 0.3) is 0 Å². The summed E-state index contributed by atoms with van der Waals surface area (Å²) in [4.78, 5) is 63.3. The maximum absolute atomic E-state index is 12.8. The minimum Gasteiger partial charge on any atom is -0.377 e. The lowest BCUT2D eigenvalue weighted by atomic mass is 10.0. The number of nitrogens with two attached hydrogens (primary N) is 1. The molecule has 3 rings (SSSR count). The van der Waals surface area contributed by atoms with Crippen molar-refractivity contribution in [3.63, 3.8) is 0 Å². The van der Waals surface area contributed by atoms with E-state index in [-0.39, 0.29) is 56.9 Å². The largest absolute Gasteiger partial charge is 0.377 e. The number of ether oxygens (including phenoxy) is 3. The Bertz CT molecular complexity index is 1320. The van der Waals surface area contributed by atoms with Gasteiger partial charge >= 0.3 is 0 Å². The molecular formula is C30H44N8O8. The number of carbonyl (C=O) groups is 5. The van der Waals surface area contributed by atoms with Gasteiger partial charge in [-0.15, -0.1) is 0 Å². The van der Waals surface area contributed by atoms with Gasteiger partial charge < -0.3 is 40.4 Å². The van der Waals surface area contributed by atoms with E-state index in [0.717, 1.165) is 22.4 Å². The number of carbonyl (C=O) groups excluding carboxylic acids is 5. The molecule has 2 aromatic rings. The van der Waals surface area contributed by atoms with E-state index in [1.165, 1.54) is 9.58 Å². The molecule has 1 saturated heterocycles. The summed E-state index contributed by atoms with van der Waals surface area (Å²) in [7, 11) is 1.68. The second-order valence-electron chi connectivity index (χ2n) is 10.7. The number of nitrogens with zero attached hydrogens (tertiary/aromatic N) is 4. The molecule has 5 N–H and O–H groups in total. The molecule has 16 heteroatoms. The summed E-state index contributed by atoms with van der Waals surface area (Å²) in [6.07, 6.45) is 4.44. The minimum atomic E-state index is -0.694. The Labute approximate surface area is 267 Å². The summed E-state index contributed by atoms with van der Waals surface area (Å²) < 4.78 is 17.2. The van der Waals surface area contributed by atoms with E-state index in [2.05, 4.69) is 21.0 Å². The summed E-state index contributed by atoms with van der Waals surface area (Å²) in [5.41, 5.74) is 8.44.